The van der Waals surface area contributed by atoms with E-state index in [0.29, 0.717) is 19.1 Å². The van der Waals surface area contributed by atoms with Crippen LogP contribution in [0.25, 0.3) is 0 Å². The van der Waals surface area contributed by atoms with Gasteiger partial charge in [-0.05, 0) is 12.8 Å². The van der Waals surface area contributed by atoms with Crippen LogP contribution in [0, 0.1) is 0 Å². The van der Waals surface area contributed by atoms with Crippen molar-refractivity contribution in [2.75, 3.05) is 29.7 Å². The van der Waals surface area contributed by atoms with Gasteiger partial charge in [-0.1, -0.05) is 26.7 Å². The summed E-state index contributed by atoms with van der Waals surface area (Å²) >= 11 is 0. The van der Waals surface area contributed by atoms with E-state index in [-0.39, 0.29) is 11.9 Å². The second-order valence-electron chi connectivity index (χ2n) is 3.99. The van der Waals surface area contributed by atoms with Gasteiger partial charge < -0.3 is 11.5 Å². The maximum absolute atomic E-state index is 5.65. The van der Waals surface area contributed by atoms with E-state index in [1.54, 1.807) is 5.06 Å². The van der Waals surface area contributed by atoms with Crippen LogP contribution in [0.3, 0.4) is 0 Å². The quantitative estimate of drug-likeness (QED) is 0.533. The number of nitrogens with zero attached hydrogens (tertiary/aromatic N) is 4. The number of nitrogen functional groups attached to an aromatic ring is 2. The minimum absolute atomic E-state index is 0.109. The zero-order valence-electron chi connectivity index (χ0n) is 11.1. The summed E-state index contributed by atoms with van der Waals surface area (Å²) in [6, 6.07) is 0. The largest absolute Gasteiger partial charge is 0.368 e. The summed E-state index contributed by atoms with van der Waals surface area (Å²) in [6.45, 7) is 5.56. The van der Waals surface area contributed by atoms with E-state index in [1.165, 1.54) is 0 Å². The van der Waals surface area contributed by atoms with Gasteiger partial charge >= 0.3 is 0 Å². The summed E-state index contributed by atoms with van der Waals surface area (Å²) in [5.41, 5.74) is 11.1. The van der Waals surface area contributed by atoms with Crippen molar-refractivity contribution in [2.24, 2.45) is 0 Å². The average molecular weight is 254 g/mol. The molecule has 0 unspecified atom stereocenters. The molecule has 4 N–H and O–H groups in total. The van der Waals surface area contributed by atoms with Crippen LogP contribution in [0.4, 0.5) is 17.8 Å². The Morgan fingerprint density at radius 1 is 1.00 bits per heavy atom. The predicted octanol–water partition coefficient (Wildman–Crippen LogP) is 1.37. The van der Waals surface area contributed by atoms with Gasteiger partial charge in [0.1, 0.15) is 0 Å². The average Bonchev–Trinajstić information content (AvgIpc) is 2.32. The second-order valence-corrected chi connectivity index (χ2v) is 3.99. The molecule has 102 valence electrons. The molecule has 0 fully saturated rings. The maximum atomic E-state index is 5.65. The van der Waals surface area contributed by atoms with Crippen molar-refractivity contribution < 1.29 is 4.84 Å². The lowest BCUT2D eigenvalue weighted by Crippen LogP contribution is -2.28. The maximum Gasteiger partial charge on any atom is 0.256 e. The Bertz CT molecular complexity index is 339. The lowest BCUT2D eigenvalue weighted by molar-refractivity contribution is 0.101. The Morgan fingerprint density at radius 3 is 2.17 bits per heavy atom. The molecule has 1 aromatic heterocycles. The predicted molar refractivity (Wildman–Crippen MR) is 71.8 cm³/mol. The summed E-state index contributed by atoms with van der Waals surface area (Å²) < 4.78 is 0. The van der Waals surface area contributed by atoms with Crippen molar-refractivity contribution in [1.82, 2.24) is 15.0 Å². The van der Waals surface area contributed by atoms with E-state index in [0.717, 1.165) is 25.7 Å². The first-order valence-electron chi connectivity index (χ1n) is 6.34. The Labute approximate surface area is 108 Å². The number of anilines is 3. The van der Waals surface area contributed by atoms with Crippen molar-refractivity contribution in [2.45, 2.75) is 39.5 Å². The summed E-state index contributed by atoms with van der Waals surface area (Å²) in [7, 11) is 0. The van der Waals surface area contributed by atoms with Crippen LogP contribution >= 0.6 is 0 Å². The molecule has 0 radical (unpaired) electrons. The molecule has 1 heterocycles. The number of aromatic nitrogens is 3. The van der Waals surface area contributed by atoms with E-state index < -0.39 is 0 Å². The van der Waals surface area contributed by atoms with Crippen molar-refractivity contribution in [3.63, 3.8) is 0 Å². The van der Waals surface area contributed by atoms with E-state index >= 15 is 0 Å². The van der Waals surface area contributed by atoms with Crippen LogP contribution in [0.15, 0.2) is 0 Å². The van der Waals surface area contributed by atoms with Crippen LogP contribution < -0.4 is 16.5 Å². The molecular weight excluding hydrogens is 232 g/mol. The number of rotatable bonds is 8. The summed E-state index contributed by atoms with van der Waals surface area (Å²) in [4.78, 5) is 17.5. The molecule has 0 bridgehead atoms. The minimum Gasteiger partial charge on any atom is -0.368 e. The Balaban J connectivity index is 2.72. The summed E-state index contributed by atoms with van der Waals surface area (Å²) in [6.07, 6.45) is 4.10. The number of hydroxylamine groups is 1. The highest BCUT2D eigenvalue weighted by molar-refractivity contribution is 5.37. The Kier molecular flexibility index (Phi) is 6.13. The van der Waals surface area contributed by atoms with Crippen molar-refractivity contribution in [3.05, 3.63) is 0 Å². The van der Waals surface area contributed by atoms with Gasteiger partial charge in [0.15, 0.2) is 0 Å². The summed E-state index contributed by atoms with van der Waals surface area (Å²) in [5, 5.41) is 1.65. The third-order valence-corrected chi connectivity index (χ3v) is 2.34. The topological polar surface area (TPSA) is 103 Å². The molecule has 0 aliphatic carbocycles. The fourth-order valence-electron chi connectivity index (χ4n) is 1.35. The highest BCUT2D eigenvalue weighted by Crippen LogP contribution is 2.12. The molecule has 0 aliphatic rings. The number of hydrogen-bond acceptors (Lipinski definition) is 7. The molecule has 0 aromatic carbocycles. The van der Waals surface area contributed by atoms with Gasteiger partial charge in [0.25, 0.3) is 5.95 Å². The lowest BCUT2D eigenvalue weighted by Gasteiger charge is -2.21. The molecule has 0 spiro atoms. The fraction of sp³-hybridized carbons (Fsp3) is 0.727. The SMILES string of the molecule is CCCCON(CCCC)c1nc(N)nc(N)n1. The first-order valence-corrected chi connectivity index (χ1v) is 6.34. The molecule has 18 heavy (non-hydrogen) atoms. The zero-order valence-corrected chi connectivity index (χ0v) is 11.1. The van der Waals surface area contributed by atoms with E-state index in [9.17, 15) is 0 Å². The van der Waals surface area contributed by atoms with Gasteiger partial charge in [0.05, 0.1) is 6.61 Å². The van der Waals surface area contributed by atoms with Gasteiger partial charge in [0.2, 0.25) is 11.9 Å². The molecule has 7 heteroatoms. The Hall–Kier alpha value is -1.63. The number of unbranched alkanes of at least 4 members (excludes halogenated alkanes) is 2. The molecule has 7 nitrogen and oxygen atoms in total. The van der Waals surface area contributed by atoms with E-state index in [4.69, 9.17) is 16.3 Å². The standard InChI is InChI=1S/C11H22N6O/c1-3-5-7-17(18-8-6-4-2)11-15-9(12)14-10(13)16-11/h3-8H2,1-2H3,(H4,12,13,14,15,16). The summed E-state index contributed by atoms with van der Waals surface area (Å²) in [5.74, 6) is 0.598. The molecular formula is C11H22N6O. The van der Waals surface area contributed by atoms with Gasteiger partial charge in [-0.25, -0.2) is 5.06 Å². The van der Waals surface area contributed by atoms with Crippen LogP contribution in [-0.4, -0.2) is 28.1 Å². The van der Waals surface area contributed by atoms with E-state index in [1.807, 2.05) is 0 Å². The van der Waals surface area contributed by atoms with Crippen molar-refractivity contribution >= 4 is 17.8 Å². The lowest BCUT2D eigenvalue weighted by atomic mass is 10.3. The van der Waals surface area contributed by atoms with Gasteiger partial charge in [-0.2, -0.15) is 15.0 Å². The van der Waals surface area contributed by atoms with Crippen LogP contribution in [0.5, 0.6) is 0 Å². The zero-order chi connectivity index (χ0) is 13.4. The minimum atomic E-state index is 0.109. The number of hydrogen-bond donors (Lipinski definition) is 2. The molecule has 0 amide bonds. The molecule has 0 saturated heterocycles. The third-order valence-electron chi connectivity index (χ3n) is 2.34. The first kappa shape index (κ1) is 14.4. The van der Waals surface area contributed by atoms with Crippen LogP contribution in [0.2, 0.25) is 0 Å². The molecule has 1 aromatic rings. The normalized spacial score (nSPS) is 10.6. The monoisotopic (exact) mass is 254 g/mol. The van der Waals surface area contributed by atoms with Crippen LogP contribution in [0.1, 0.15) is 39.5 Å². The fourth-order valence-corrected chi connectivity index (χ4v) is 1.35. The second kappa shape index (κ2) is 7.65. The highest BCUT2D eigenvalue weighted by Gasteiger charge is 2.12. The molecule has 0 saturated carbocycles. The molecule has 0 aliphatic heterocycles. The molecule has 0 atom stereocenters. The van der Waals surface area contributed by atoms with E-state index in [2.05, 4.69) is 28.8 Å². The Morgan fingerprint density at radius 2 is 1.61 bits per heavy atom. The highest BCUT2D eigenvalue weighted by atomic mass is 16.7. The van der Waals surface area contributed by atoms with Gasteiger partial charge in [-0.15, -0.1) is 0 Å². The number of nitrogens with two attached hydrogens (primary N) is 2. The third kappa shape index (κ3) is 4.70. The smallest absolute Gasteiger partial charge is 0.256 e. The van der Waals surface area contributed by atoms with Crippen molar-refractivity contribution in [3.8, 4) is 0 Å². The first-order chi connectivity index (χ1) is 8.67. The van der Waals surface area contributed by atoms with Gasteiger partial charge in [0, 0.05) is 6.54 Å². The van der Waals surface area contributed by atoms with Crippen molar-refractivity contribution in [1.29, 1.82) is 0 Å². The molecule has 1 rings (SSSR count). The van der Waals surface area contributed by atoms with Crippen LogP contribution in [-0.2, 0) is 4.84 Å². The van der Waals surface area contributed by atoms with Gasteiger partial charge in [-0.3, -0.25) is 4.84 Å².